The smallest absolute Gasteiger partial charge is 0.261 e. The predicted molar refractivity (Wildman–Crippen MR) is 99.0 cm³/mol. The molecule has 0 aromatic heterocycles. The molecule has 2 aromatic carbocycles. The number of carbonyl (C=O) groups is 1. The summed E-state index contributed by atoms with van der Waals surface area (Å²) in [7, 11) is -6.35. The molecule has 0 saturated heterocycles. The summed E-state index contributed by atoms with van der Waals surface area (Å²) in [6.45, 7) is 2.96. The summed E-state index contributed by atoms with van der Waals surface area (Å²) in [4.78, 5) is 11.0. The quantitative estimate of drug-likeness (QED) is 0.684. The van der Waals surface area contributed by atoms with Crippen LogP contribution in [0.4, 0.5) is 11.4 Å². The van der Waals surface area contributed by atoms with Crippen LogP contribution in [0, 0.1) is 6.92 Å². The molecule has 0 unspecified atom stereocenters. The molecule has 1 amide bonds. The van der Waals surface area contributed by atoms with Crippen LogP contribution in [0.25, 0.3) is 0 Å². The van der Waals surface area contributed by atoms with E-state index in [0.717, 1.165) is 0 Å². The van der Waals surface area contributed by atoms with Gasteiger partial charge in [-0.05, 0) is 55.9 Å². The number of aryl methyl sites for hydroxylation is 1. The molecule has 140 valence electrons. The summed E-state index contributed by atoms with van der Waals surface area (Å²) < 4.78 is 53.6. The maximum Gasteiger partial charge on any atom is 0.261 e. The van der Waals surface area contributed by atoms with Crippen LogP contribution in [-0.2, 0) is 24.8 Å². The lowest BCUT2D eigenvalue weighted by Gasteiger charge is -2.12. The summed E-state index contributed by atoms with van der Waals surface area (Å²) in [5, 5.41) is 2.54. The zero-order valence-electron chi connectivity index (χ0n) is 14.4. The lowest BCUT2D eigenvalue weighted by Crippen LogP contribution is -2.20. The molecule has 0 bridgehead atoms. The molecule has 0 spiro atoms. The Kier molecular flexibility index (Phi) is 5.69. The standard InChI is InChI=1S/C16H19N3O5S2/c1-11-4-5-14(10-16(11)26(23,24)17-3)19-25(21,22)15-8-6-13(7-9-15)18-12(2)20/h4-10,17,19H,1-3H3,(H,18,20). The van der Waals surface area contributed by atoms with E-state index in [1.807, 2.05) is 0 Å². The van der Waals surface area contributed by atoms with Crippen molar-refractivity contribution in [2.75, 3.05) is 17.1 Å². The van der Waals surface area contributed by atoms with E-state index in [0.29, 0.717) is 11.3 Å². The highest BCUT2D eigenvalue weighted by Gasteiger charge is 2.18. The minimum Gasteiger partial charge on any atom is -0.326 e. The number of hydrogen-bond acceptors (Lipinski definition) is 5. The van der Waals surface area contributed by atoms with Crippen LogP contribution < -0.4 is 14.8 Å². The molecule has 8 nitrogen and oxygen atoms in total. The molecule has 2 aromatic rings. The monoisotopic (exact) mass is 397 g/mol. The lowest BCUT2D eigenvalue weighted by atomic mass is 10.2. The molecule has 0 saturated carbocycles. The van der Waals surface area contributed by atoms with Gasteiger partial charge < -0.3 is 5.32 Å². The van der Waals surface area contributed by atoms with Crippen LogP contribution in [0.5, 0.6) is 0 Å². The molecule has 10 heteroatoms. The molecule has 0 radical (unpaired) electrons. The van der Waals surface area contributed by atoms with Gasteiger partial charge in [0.25, 0.3) is 10.0 Å². The normalized spacial score (nSPS) is 11.8. The first kappa shape index (κ1) is 19.9. The lowest BCUT2D eigenvalue weighted by molar-refractivity contribution is -0.114. The topological polar surface area (TPSA) is 121 Å². The number of nitrogens with one attached hydrogen (secondary N) is 3. The molecular formula is C16H19N3O5S2. The van der Waals surface area contributed by atoms with E-state index >= 15 is 0 Å². The minimum atomic E-state index is -3.92. The van der Waals surface area contributed by atoms with Crippen molar-refractivity contribution in [1.82, 2.24) is 4.72 Å². The van der Waals surface area contributed by atoms with E-state index in [2.05, 4.69) is 14.8 Å². The third kappa shape index (κ3) is 4.59. The number of rotatable bonds is 6. The number of hydrogen-bond donors (Lipinski definition) is 3. The number of anilines is 2. The third-order valence-electron chi connectivity index (χ3n) is 3.48. The van der Waals surface area contributed by atoms with Crippen molar-refractivity contribution in [3.63, 3.8) is 0 Å². The highest BCUT2D eigenvalue weighted by atomic mass is 32.2. The van der Waals surface area contributed by atoms with E-state index in [-0.39, 0.29) is 21.4 Å². The van der Waals surface area contributed by atoms with Crippen LogP contribution >= 0.6 is 0 Å². The zero-order chi connectivity index (χ0) is 19.5. The molecule has 0 fully saturated rings. The molecule has 2 rings (SSSR count). The Hall–Kier alpha value is -2.43. The second-order valence-corrected chi connectivity index (χ2v) is 9.04. The van der Waals surface area contributed by atoms with Crippen molar-refractivity contribution in [1.29, 1.82) is 0 Å². The fraction of sp³-hybridized carbons (Fsp3) is 0.188. The minimum absolute atomic E-state index is 0.0128. The average Bonchev–Trinajstić information content (AvgIpc) is 2.56. The van der Waals surface area contributed by atoms with Gasteiger partial charge in [0, 0.05) is 12.6 Å². The Balaban J connectivity index is 2.32. The largest absolute Gasteiger partial charge is 0.326 e. The van der Waals surface area contributed by atoms with E-state index in [9.17, 15) is 21.6 Å². The third-order valence-corrected chi connectivity index (χ3v) is 6.44. The van der Waals surface area contributed by atoms with Gasteiger partial charge in [-0.1, -0.05) is 6.07 Å². The van der Waals surface area contributed by atoms with Gasteiger partial charge in [0.15, 0.2) is 0 Å². The first-order chi connectivity index (χ1) is 12.0. The molecule has 0 heterocycles. The fourth-order valence-electron chi connectivity index (χ4n) is 2.20. The van der Waals surface area contributed by atoms with E-state index in [4.69, 9.17) is 0 Å². The van der Waals surface area contributed by atoms with Gasteiger partial charge in [0.05, 0.1) is 15.5 Å². The van der Waals surface area contributed by atoms with Crippen molar-refractivity contribution in [2.24, 2.45) is 0 Å². The van der Waals surface area contributed by atoms with E-state index < -0.39 is 20.0 Å². The number of amides is 1. The van der Waals surface area contributed by atoms with Crippen molar-refractivity contribution in [3.8, 4) is 0 Å². The molecule has 0 aliphatic heterocycles. The van der Waals surface area contributed by atoms with Gasteiger partial charge in [0.2, 0.25) is 15.9 Å². The van der Waals surface area contributed by atoms with Crippen molar-refractivity contribution < 1.29 is 21.6 Å². The average molecular weight is 397 g/mol. The predicted octanol–water partition coefficient (Wildman–Crippen LogP) is 1.66. The first-order valence-corrected chi connectivity index (χ1v) is 10.5. The van der Waals surface area contributed by atoms with Crippen LogP contribution in [0.3, 0.4) is 0 Å². The SMILES string of the molecule is CNS(=O)(=O)c1cc(NS(=O)(=O)c2ccc(NC(C)=O)cc2)ccc1C. The molecule has 0 aliphatic carbocycles. The van der Waals surface area contributed by atoms with Gasteiger partial charge in [-0.25, -0.2) is 21.6 Å². The number of carbonyl (C=O) groups excluding carboxylic acids is 1. The van der Waals surface area contributed by atoms with Crippen molar-refractivity contribution in [2.45, 2.75) is 23.6 Å². The molecule has 3 N–H and O–H groups in total. The summed E-state index contributed by atoms with van der Waals surface area (Å²) in [5.74, 6) is -0.267. The summed E-state index contributed by atoms with van der Waals surface area (Å²) in [6, 6.07) is 9.85. The van der Waals surface area contributed by atoms with Crippen LogP contribution in [0.1, 0.15) is 12.5 Å². The van der Waals surface area contributed by atoms with Gasteiger partial charge >= 0.3 is 0 Å². The molecule has 0 atom stereocenters. The van der Waals surface area contributed by atoms with E-state index in [1.165, 1.54) is 56.4 Å². The Morgan fingerprint density at radius 1 is 0.885 bits per heavy atom. The van der Waals surface area contributed by atoms with E-state index in [1.54, 1.807) is 6.92 Å². The second kappa shape index (κ2) is 7.44. The number of sulfonamides is 2. The maximum atomic E-state index is 12.5. The Morgan fingerprint density at radius 2 is 1.46 bits per heavy atom. The van der Waals surface area contributed by atoms with Crippen molar-refractivity contribution in [3.05, 3.63) is 48.0 Å². The fourth-order valence-corrected chi connectivity index (χ4v) is 4.24. The number of benzene rings is 2. The van der Waals surface area contributed by atoms with Crippen LogP contribution in [0.15, 0.2) is 52.3 Å². The van der Waals surface area contributed by atoms with Crippen molar-refractivity contribution >= 4 is 37.3 Å². The van der Waals surface area contributed by atoms with Crippen LogP contribution in [-0.4, -0.2) is 29.8 Å². The van der Waals surface area contributed by atoms with Gasteiger partial charge in [-0.3, -0.25) is 9.52 Å². The first-order valence-electron chi connectivity index (χ1n) is 7.50. The molecule has 26 heavy (non-hydrogen) atoms. The Labute approximate surface area is 152 Å². The highest BCUT2D eigenvalue weighted by Crippen LogP contribution is 2.23. The Bertz CT molecular complexity index is 1030. The van der Waals surface area contributed by atoms with Gasteiger partial charge in [-0.2, -0.15) is 0 Å². The van der Waals surface area contributed by atoms with Crippen LogP contribution in [0.2, 0.25) is 0 Å². The van der Waals surface area contributed by atoms with Gasteiger partial charge in [0.1, 0.15) is 0 Å². The second-order valence-electron chi connectivity index (χ2n) is 5.50. The highest BCUT2D eigenvalue weighted by molar-refractivity contribution is 7.92. The van der Waals surface area contributed by atoms with Gasteiger partial charge in [-0.15, -0.1) is 0 Å². The maximum absolute atomic E-state index is 12.5. The summed E-state index contributed by atoms with van der Waals surface area (Å²) in [6.07, 6.45) is 0. The molecule has 0 aliphatic rings. The molecular weight excluding hydrogens is 378 g/mol. The zero-order valence-corrected chi connectivity index (χ0v) is 16.0. The summed E-state index contributed by atoms with van der Waals surface area (Å²) in [5.41, 5.74) is 1.08. The Morgan fingerprint density at radius 3 is 2.00 bits per heavy atom. The summed E-state index contributed by atoms with van der Waals surface area (Å²) >= 11 is 0.